The van der Waals surface area contributed by atoms with Crippen LogP contribution in [0.1, 0.15) is 5.82 Å². The van der Waals surface area contributed by atoms with Crippen LogP contribution in [0.25, 0.3) is 0 Å². The number of halogens is 7. The Morgan fingerprint density at radius 1 is 1.10 bits per heavy atom. The molecule has 0 radical (unpaired) electrons. The first-order valence-corrected chi connectivity index (χ1v) is 5.10. The molecule has 11 heteroatoms. The van der Waals surface area contributed by atoms with E-state index in [0.29, 0.717) is 0 Å². The molecule has 0 aliphatic carbocycles. The second kappa shape index (κ2) is 5.67. The Balaban J connectivity index is 2.96. The lowest BCUT2D eigenvalue weighted by atomic mass is 10.3. The van der Waals surface area contributed by atoms with Crippen LogP contribution in [0.4, 0.5) is 42.4 Å². The first-order valence-electron chi connectivity index (χ1n) is 5.10. The Morgan fingerprint density at radius 3 is 2.10 bits per heavy atom. The van der Waals surface area contributed by atoms with Crippen LogP contribution in [0.2, 0.25) is 0 Å². The summed E-state index contributed by atoms with van der Waals surface area (Å²) in [5.41, 5.74) is 0. The van der Waals surface area contributed by atoms with Crippen molar-refractivity contribution in [1.29, 1.82) is 0 Å². The Morgan fingerprint density at radius 2 is 1.65 bits per heavy atom. The molecule has 1 heterocycles. The number of rotatable bonds is 5. The molecule has 0 aromatic carbocycles. The van der Waals surface area contributed by atoms with Gasteiger partial charge < -0.3 is 10.6 Å². The Hall–Kier alpha value is -1.81. The Bertz CT molecular complexity index is 460. The second-order valence-electron chi connectivity index (χ2n) is 3.63. The van der Waals surface area contributed by atoms with Crippen LogP contribution in [0.3, 0.4) is 0 Å². The van der Waals surface area contributed by atoms with E-state index in [4.69, 9.17) is 0 Å². The fourth-order valence-corrected chi connectivity index (χ4v) is 1.08. The molecule has 1 aromatic heterocycles. The normalized spacial score (nSPS) is 12.7. The van der Waals surface area contributed by atoms with E-state index in [2.05, 4.69) is 15.3 Å². The highest BCUT2D eigenvalue weighted by molar-refractivity contribution is 5.47. The van der Waals surface area contributed by atoms with Crippen molar-refractivity contribution in [2.24, 2.45) is 0 Å². The summed E-state index contributed by atoms with van der Waals surface area (Å²) in [4.78, 5) is 6.03. The van der Waals surface area contributed by atoms with Crippen LogP contribution in [0.5, 0.6) is 0 Å². The van der Waals surface area contributed by atoms with Crippen molar-refractivity contribution in [1.82, 2.24) is 9.97 Å². The monoisotopic (exact) mass is 306 g/mol. The van der Waals surface area contributed by atoms with Gasteiger partial charge in [-0.2, -0.15) is 22.0 Å². The number of aromatic nitrogens is 2. The van der Waals surface area contributed by atoms with Gasteiger partial charge >= 0.3 is 18.5 Å². The van der Waals surface area contributed by atoms with Gasteiger partial charge in [-0.3, -0.25) is 0 Å². The number of nitrogens with zero attached hydrogens (tertiary/aromatic N) is 2. The minimum absolute atomic E-state index is 0.296. The van der Waals surface area contributed by atoms with Gasteiger partial charge in [0.25, 0.3) is 0 Å². The van der Waals surface area contributed by atoms with E-state index in [1.54, 1.807) is 5.32 Å². The molecule has 0 atom stereocenters. The van der Waals surface area contributed by atoms with E-state index >= 15 is 0 Å². The lowest BCUT2D eigenvalue weighted by molar-refractivity contribution is -0.144. The summed E-state index contributed by atoms with van der Waals surface area (Å²) >= 11 is 0. The number of anilines is 2. The topological polar surface area (TPSA) is 49.8 Å². The molecule has 0 saturated carbocycles. The highest BCUT2D eigenvalue weighted by Crippen LogP contribution is 2.29. The molecule has 114 valence electrons. The maximum atomic E-state index is 12.7. The third kappa shape index (κ3) is 4.10. The second-order valence-corrected chi connectivity index (χ2v) is 3.63. The van der Waals surface area contributed by atoms with E-state index in [0.717, 1.165) is 6.07 Å². The van der Waals surface area contributed by atoms with Crippen LogP contribution in [-0.2, 0) is 6.18 Å². The highest BCUT2D eigenvalue weighted by Gasteiger charge is 2.41. The van der Waals surface area contributed by atoms with Crippen molar-refractivity contribution in [2.75, 3.05) is 24.2 Å². The minimum atomic E-state index is -4.89. The molecule has 1 aromatic rings. The van der Waals surface area contributed by atoms with Crippen LogP contribution >= 0.6 is 0 Å². The molecule has 0 spiro atoms. The van der Waals surface area contributed by atoms with Gasteiger partial charge in [0.15, 0.2) is 0 Å². The van der Waals surface area contributed by atoms with Gasteiger partial charge in [0.05, 0.1) is 6.54 Å². The molecule has 0 aliphatic heterocycles. The summed E-state index contributed by atoms with van der Waals surface area (Å²) in [6.07, 6.45) is -8.84. The largest absolute Gasteiger partial charge is 0.451 e. The van der Waals surface area contributed by atoms with Crippen LogP contribution in [-0.4, -0.2) is 35.9 Å². The summed E-state index contributed by atoms with van der Waals surface area (Å²) < 4.78 is 86.5. The summed E-state index contributed by atoms with van der Waals surface area (Å²) in [6.45, 7) is -1.55. The molecule has 20 heavy (non-hydrogen) atoms. The molecule has 0 amide bonds. The molecular formula is C9H9F7N4. The van der Waals surface area contributed by atoms with Gasteiger partial charge in [0.1, 0.15) is 11.6 Å². The summed E-state index contributed by atoms with van der Waals surface area (Å²) in [5, 5.41) is 4.01. The molecule has 2 N–H and O–H groups in total. The fraction of sp³-hybridized carbons (Fsp3) is 0.556. The quantitative estimate of drug-likeness (QED) is 0.821. The third-order valence-electron chi connectivity index (χ3n) is 2.06. The van der Waals surface area contributed by atoms with Crippen molar-refractivity contribution in [3.8, 4) is 0 Å². The van der Waals surface area contributed by atoms with Crippen LogP contribution in [0, 0.1) is 0 Å². The molecule has 0 bridgehead atoms. The standard InChI is InChI=1S/C9H9F7N4/c1-17-4-2-5(18-3-8(12,13)6(10)11)20-7(19-4)9(14,15)16/h2,6H,3H2,1H3,(H2,17,18,19,20). The van der Waals surface area contributed by atoms with E-state index < -0.39 is 36.7 Å². The van der Waals surface area contributed by atoms with Gasteiger partial charge in [-0.05, 0) is 0 Å². The first-order chi connectivity index (χ1) is 9.06. The van der Waals surface area contributed by atoms with Gasteiger partial charge in [-0.1, -0.05) is 0 Å². The van der Waals surface area contributed by atoms with E-state index in [-0.39, 0.29) is 5.82 Å². The maximum Gasteiger partial charge on any atom is 0.451 e. The van der Waals surface area contributed by atoms with E-state index in [9.17, 15) is 30.7 Å². The molecule has 1 rings (SSSR count). The SMILES string of the molecule is CNc1cc(NCC(F)(F)C(F)F)nc(C(F)(F)F)n1. The lowest BCUT2D eigenvalue weighted by Crippen LogP contribution is -2.35. The summed E-state index contributed by atoms with van der Waals surface area (Å²) in [6, 6.07) is 0.886. The third-order valence-corrected chi connectivity index (χ3v) is 2.06. The molecule has 0 aliphatic rings. The van der Waals surface area contributed by atoms with E-state index in [1.807, 2.05) is 0 Å². The maximum absolute atomic E-state index is 12.7. The minimum Gasteiger partial charge on any atom is -0.373 e. The lowest BCUT2D eigenvalue weighted by Gasteiger charge is -2.17. The zero-order valence-electron chi connectivity index (χ0n) is 9.90. The van der Waals surface area contributed by atoms with Gasteiger partial charge in [0, 0.05) is 13.1 Å². The van der Waals surface area contributed by atoms with Crippen molar-refractivity contribution < 1.29 is 30.7 Å². The molecule has 0 saturated heterocycles. The number of nitrogens with one attached hydrogen (secondary N) is 2. The van der Waals surface area contributed by atoms with E-state index in [1.165, 1.54) is 7.05 Å². The van der Waals surface area contributed by atoms with Gasteiger partial charge in [-0.25, -0.2) is 18.7 Å². The van der Waals surface area contributed by atoms with Crippen LogP contribution in [0.15, 0.2) is 6.07 Å². The molecule has 0 fully saturated rings. The average Bonchev–Trinajstić information content (AvgIpc) is 2.34. The zero-order chi connectivity index (χ0) is 15.6. The highest BCUT2D eigenvalue weighted by atomic mass is 19.4. The number of hydrogen-bond donors (Lipinski definition) is 2. The van der Waals surface area contributed by atoms with Crippen molar-refractivity contribution in [3.63, 3.8) is 0 Å². The fourth-order valence-electron chi connectivity index (χ4n) is 1.08. The number of alkyl halides is 7. The van der Waals surface area contributed by atoms with Gasteiger partial charge in [-0.15, -0.1) is 0 Å². The molecular weight excluding hydrogens is 297 g/mol. The first kappa shape index (κ1) is 16.2. The number of hydrogen-bond acceptors (Lipinski definition) is 4. The average molecular weight is 306 g/mol. The predicted octanol–water partition coefficient (Wildman–Crippen LogP) is 2.85. The molecule has 0 unspecified atom stereocenters. The molecule has 4 nitrogen and oxygen atoms in total. The van der Waals surface area contributed by atoms with Crippen molar-refractivity contribution in [3.05, 3.63) is 11.9 Å². The smallest absolute Gasteiger partial charge is 0.373 e. The Labute approximate surface area is 108 Å². The summed E-state index contributed by atoms with van der Waals surface area (Å²) in [5.74, 6) is -6.90. The van der Waals surface area contributed by atoms with Gasteiger partial charge in [0.2, 0.25) is 5.82 Å². The van der Waals surface area contributed by atoms with Crippen molar-refractivity contribution in [2.45, 2.75) is 18.5 Å². The predicted molar refractivity (Wildman–Crippen MR) is 56.0 cm³/mol. The van der Waals surface area contributed by atoms with Crippen LogP contribution < -0.4 is 10.6 Å². The summed E-state index contributed by atoms with van der Waals surface area (Å²) in [7, 11) is 1.25. The Kier molecular flexibility index (Phi) is 4.61. The van der Waals surface area contributed by atoms with Crippen molar-refractivity contribution >= 4 is 11.6 Å². The zero-order valence-corrected chi connectivity index (χ0v) is 9.90.